The lowest BCUT2D eigenvalue weighted by Crippen LogP contribution is -2.38. The fourth-order valence-electron chi connectivity index (χ4n) is 2.83. The summed E-state index contributed by atoms with van der Waals surface area (Å²) in [7, 11) is -0.863. The fraction of sp³-hybridized carbons (Fsp3) is 0.632. The highest BCUT2D eigenvalue weighted by atomic mass is 32.2. The summed E-state index contributed by atoms with van der Waals surface area (Å²) in [5, 5.41) is -0.694. The Morgan fingerprint density at radius 3 is 2.61 bits per heavy atom. The van der Waals surface area contributed by atoms with Crippen molar-refractivity contribution < 1.29 is 31.6 Å². The lowest BCUT2D eigenvalue weighted by molar-refractivity contribution is -0.137. The van der Waals surface area contributed by atoms with Gasteiger partial charge in [0.15, 0.2) is 11.5 Å². The highest BCUT2D eigenvalue weighted by Crippen LogP contribution is 2.30. The van der Waals surface area contributed by atoms with Crippen molar-refractivity contribution in [2.24, 2.45) is 0 Å². The Bertz CT molecular complexity index is 758. The SMILES string of the molecule is COCC(=O)N(Cc1ccc(OC)c(OS(=O)(=O)C(C)C)c1)CC1CCCO1. The van der Waals surface area contributed by atoms with Crippen LogP contribution < -0.4 is 8.92 Å². The van der Waals surface area contributed by atoms with Gasteiger partial charge in [-0.05, 0) is 44.4 Å². The zero-order chi connectivity index (χ0) is 20.7. The summed E-state index contributed by atoms with van der Waals surface area (Å²) in [5.74, 6) is 0.248. The van der Waals surface area contributed by atoms with Crippen molar-refractivity contribution in [3.63, 3.8) is 0 Å². The highest BCUT2D eigenvalue weighted by Gasteiger charge is 2.24. The molecule has 0 spiro atoms. The van der Waals surface area contributed by atoms with E-state index in [9.17, 15) is 13.2 Å². The van der Waals surface area contributed by atoms with E-state index in [2.05, 4.69) is 0 Å². The third-order valence-electron chi connectivity index (χ3n) is 4.45. The van der Waals surface area contributed by atoms with Crippen molar-refractivity contribution in [1.82, 2.24) is 4.90 Å². The smallest absolute Gasteiger partial charge is 0.311 e. The van der Waals surface area contributed by atoms with Crippen LogP contribution in [0.1, 0.15) is 32.3 Å². The van der Waals surface area contributed by atoms with E-state index in [0.29, 0.717) is 18.9 Å². The zero-order valence-corrected chi connectivity index (χ0v) is 17.7. The van der Waals surface area contributed by atoms with Gasteiger partial charge in [0.2, 0.25) is 5.91 Å². The van der Waals surface area contributed by atoms with Gasteiger partial charge >= 0.3 is 10.1 Å². The predicted octanol–water partition coefficient (Wildman–Crippen LogP) is 1.97. The summed E-state index contributed by atoms with van der Waals surface area (Å²) in [6, 6.07) is 4.99. The lowest BCUT2D eigenvalue weighted by atomic mass is 10.1. The number of carbonyl (C=O) groups is 1. The normalized spacial score (nSPS) is 17.0. The van der Waals surface area contributed by atoms with Crippen LogP contribution in [0.25, 0.3) is 0 Å². The average molecular weight is 416 g/mol. The molecular formula is C19H29NO7S. The molecule has 0 N–H and O–H groups in total. The summed E-state index contributed by atoms with van der Waals surface area (Å²) >= 11 is 0. The second-order valence-electron chi connectivity index (χ2n) is 6.95. The van der Waals surface area contributed by atoms with Gasteiger partial charge in [-0.2, -0.15) is 8.42 Å². The maximum Gasteiger partial charge on any atom is 0.311 e. The first kappa shape index (κ1) is 22.4. The number of hydrogen-bond acceptors (Lipinski definition) is 7. The summed E-state index contributed by atoms with van der Waals surface area (Å²) < 4.78 is 45.4. The summed E-state index contributed by atoms with van der Waals surface area (Å²) in [4.78, 5) is 14.1. The van der Waals surface area contributed by atoms with E-state index in [-0.39, 0.29) is 30.9 Å². The Morgan fingerprint density at radius 2 is 2.04 bits per heavy atom. The first-order valence-corrected chi connectivity index (χ1v) is 10.7. The summed E-state index contributed by atoms with van der Waals surface area (Å²) in [6.07, 6.45) is 1.88. The van der Waals surface area contributed by atoms with E-state index in [4.69, 9.17) is 18.4 Å². The minimum Gasteiger partial charge on any atom is -0.493 e. The molecule has 0 radical (unpaired) electrons. The van der Waals surface area contributed by atoms with Gasteiger partial charge in [-0.1, -0.05) is 6.07 Å². The number of methoxy groups -OCH3 is 2. The largest absolute Gasteiger partial charge is 0.493 e. The molecule has 158 valence electrons. The quantitative estimate of drug-likeness (QED) is 0.540. The number of carbonyl (C=O) groups excluding carboxylic acids is 1. The minimum absolute atomic E-state index is 0.00362. The monoisotopic (exact) mass is 415 g/mol. The Balaban J connectivity index is 2.23. The van der Waals surface area contributed by atoms with Gasteiger partial charge in [-0.25, -0.2) is 0 Å². The van der Waals surface area contributed by atoms with Crippen LogP contribution in [-0.2, 0) is 30.9 Å². The van der Waals surface area contributed by atoms with Gasteiger partial charge in [0.05, 0.1) is 18.5 Å². The summed E-state index contributed by atoms with van der Waals surface area (Å²) in [6.45, 7) is 4.48. The van der Waals surface area contributed by atoms with Crippen LogP contribution in [0.2, 0.25) is 0 Å². The Morgan fingerprint density at radius 1 is 1.29 bits per heavy atom. The number of hydrogen-bond donors (Lipinski definition) is 0. The molecule has 1 unspecified atom stereocenters. The molecule has 28 heavy (non-hydrogen) atoms. The molecule has 2 rings (SSSR count). The molecule has 1 amide bonds. The van der Waals surface area contributed by atoms with Crippen LogP contribution >= 0.6 is 0 Å². The molecule has 9 heteroatoms. The number of ether oxygens (including phenoxy) is 3. The van der Waals surface area contributed by atoms with Crippen molar-refractivity contribution in [2.45, 2.75) is 44.6 Å². The van der Waals surface area contributed by atoms with Crippen molar-refractivity contribution >= 4 is 16.0 Å². The Kier molecular flexibility index (Phi) is 8.09. The molecule has 1 saturated heterocycles. The molecule has 1 aliphatic heterocycles. The second-order valence-corrected chi connectivity index (χ2v) is 9.05. The van der Waals surface area contributed by atoms with Gasteiger partial charge in [0.25, 0.3) is 0 Å². The van der Waals surface area contributed by atoms with Crippen LogP contribution in [0.3, 0.4) is 0 Å². The maximum absolute atomic E-state index is 12.5. The van der Waals surface area contributed by atoms with E-state index >= 15 is 0 Å². The topological polar surface area (TPSA) is 91.4 Å². The van der Waals surface area contributed by atoms with Crippen LogP contribution in [0.15, 0.2) is 18.2 Å². The molecule has 0 aromatic heterocycles. The van der Waals surface area contributed by atoms with E-state index in [1.807, 2.05) is 0 Å². The van der Waals surface area contributed by atoms with Crippen molar-refractivity contribution in [3.05, 3.63) is 23.8 Å². The third-order valence-corrected chi connectivity index (χ3v) is 6.02. The van der Waals surface area contributed by atoms with Crippen LogP contribution in [0.4, 0.5) is 0 Å². The fourth-order valence-corrected chi connectivity index (χ4v) is 3.40. The molecular weight excluding hydrogens is 386 g/mol. The maximum atomic E-state index is 12.5. The molecule has 1 aromatic rings. The molecule has 1 aliphatic rings. The van der Waals surface area contributed by atoms with E-state index < -0.39 is 15.4 Å². The molecule has 8 nitrogen and oxygen atoms in total. The Labute approximate surface area is 166 Å². The molecule has 1 atom stereocenters. The third kappa shape index (κ3) is 6.08. The molecule has 1 heterocycles. The van der Waals surface area contributed by atoms with Crippen LogP contribution in [-0.4, -0.2) is 64.6 Å². The highest BCUT2D eigenvalue weighted by molar-refractivity contribution is 7.87. The first-order chi connectivity index (χ1) is 13.3. The number of amides is 1. The predicted molar refractivity (Wildman–Crippen MR) is 104 cm³/mol. The number of rotatable bonds is 10. The lowest BCUT2D eigenvalue weighted by Gasteiger charge is -2.25. The minimum atomic E-state index is -3.77. The average Bonchev–Trinajstić information content (AvgIpc) is 3.14. The van der Waals surface area contributed by atoms with Gasteiger partial charge in [0, 0.05) is 26.8 Å². The van der Waals surface area contributed by atoms with E-state index in [1.54, 1.807) is 36.9 Å². The zero-order valence-electron chi connectivity index (χ0n) is 16.8. The van der Waals surface area contributed by atoms with Gasteiger partial charge in [-0.3, -0.25) is 4.79 Å². The molecule has 0 saturated carbocycles. The molecule has 1 fully saturated rings. The van der Waals surface area contributed by atoms with E-state index in [0.717, 1.165) is 18.4 Å². The van der Waals surface area contributed by atoms with Gasteiger partial charge in [0.1, 0.15) is 6.61 Å². The number of nitrogens with zero attached hydrogens (tertiary/aromatic N) is 1. The van der Waals surface area contributed by atoms with Crippen LogP contribution in [0, 0.1) is 0 Å². The van der Waals surface area contributed by atoms with Crippen molar-refractivity contribution in [3.8, 4) is 11.5 Å². The summed E-state index contributed by atoms with van der Waals surface area (Å²) in [5.41, 5.74) is 0.720. The van der Waals surface area contributed by atoms with Gasteiger partial charge in [-0.15, -0.1) is 0 Å². The van der Waals surface area contributed by atoms with Gasteiger partial charge < -0.3 is 23.3 Å². The molecule has 0 aliphatic carbocycles. The first-order valence-electron chi connectivity index (χ1n) is 9.25. The molecule has 0 bridgehead atoms. The standard InChI is InChI=1S/C19H29NO7S/c1-14(2)28(22,23)27-18-10-15(7-8-17(18)25-4)11-20(19(21)13-24-3)12-16-6-5-9-26-16/h7-8,10,14,16H,5-6,9,11-13H2,1-4H3. The second kappa shape index (κ2) is 10.1. The number of benzene rings is 1. The van der Waals surface area contributed by atoms with Crippen LogP contribution in [0.5, 0.6) is 11.5 Å². The Hall–Kier alpha value is -1.84. The van der Waals surface area contributed by atoms with Crippen molar-refractivity contribution in [2.75, 3.05) is 34.0 Å². The van der Waals surface area contributed by atoms with E-state index in [1.165, 1.54) is 14.2 Å². The molecule has 1 aromatic carbocycles. The van der Waals surface area contributed by atoms with Crippen molar-refractivity contribution in [1.29, 1.82) is 0 Å².